The molecular weight excluding hydrogens is 236 g/mol. The number of carbonyl (C=O) groups excluding carboxylic acids is 1. The maximum absolute atomic E-state index is 11.6. The van der Waals surface area contributed by atoms with Crippen LogP contribution in [0.15, 0.2) is 6.20 Å². The Balaban J connectivity index is 2.22. The molecule has 1 aliphatic heterocycles. The smallest absolute Gasteiger partial charge is 0.339 e. The molecule has 0 bridgehead atoms. The lowest BCUT2D eigenvalue weighted by atomic mass is 10.2. The van der Waals surface area contributed by atoms with Gasteiger partial charge in [0.1, 0.15) is 0 Å². The van der Waals surface area contributed by atoms with E-state index in [1.807, 2.05) is 0 Å². The van der Waals surface area contributed by atoms with Gasteiger partial charge in [0.2, 0.25) is 11.9 Å². The van der Waals surface area contributed by atoms with E-state index in [1.165, 1.54) is 6.20 Å². The fourth-order valence-corrected chi connectivity index (χ4v) is 1.75. The Morgan fingerprint density at radius 2 is 2.17 bits per heavy atom. The first-order chi connectivity index (χ1) is 8.49. The molecule has 1 aromatic heterocycles. The number of hydrogen-bond donors (Lipinski definition) is 1. The van der Waals surface area contributed by atoms with Crippen LogP contribution in [0.2, 0.25) is 0 Å². The van der Waals surface area contributed by atoms with E-state index in [4.69, 9.17) is 5.11 Å². The lowest BCUT2D eigenvalue weighted by molar-refractivity contribution is -0.129. The Labute approximate surface area is 104 Å². The highest BCUT2D eigenvalue weighted by Gasteiger charge is 2.23. The maximum Gasteiger partial charge on any atom is 0.339 e. The van der Waals surface area contributed by atoms with Crippen LogP contribution in [0.4, 0.5) is 5.95 Å². The normalized spacial score (nSPS) is 16.0. The van der Waals surface area contributed by atoms with E-state index < -0.39 is 5.97 Å². The van der Waals surface area contributed by atoms with Gasteiger partial charge in [-0.25, -0.2) is 14.8 Å². The molecule has 0 spiro atoms. The molecule has 0 radical (unpaired) electrons. The van der Waals surface area contributed by atoms with Crippen molar-refractivity contribution in [2.75, 3.05) is 31.6 Å². The number of likely N-dealkylation sites (N-methyl/N-ethyl adjacent to an activating group) is 1. The molecule has 0 aromatic carbocycles. The summed E-state index contributed by atoms with van der Waals surface area (Å²) in [6, 6.07) is 0. The van der Waals surface area contributed by atoms with Crippen molar-refractivity contribution in [3.8, 4) is 0 Å². The number of piperazine rings is 1. The van der Waals surface area contributed by atoms with Crippen molar-refractivity contribution in [2.45, 2.75) is 6.92 Å². The number of aryl methyl sites for hydroxylation is 1. The molecule has 7 nitrogen and oxygen atoms in total. The van der Waals surface area contributed by atoms with Crippen LogP contribution in [0.3, 0.4) is 0 Å². The molecule has 1 amide bonds. The highest BCUT2D eigenvalue weighted by atomic mass is 16.4. The van der Waals surface area contributed by atoms with Crippen LogP contribution in [-0.4, -0.2) is 58.5 Å². The molecule has 1 saturated heterocycles. The molecular formula is C11H14N4O3. The van der Waals surface area contributed by atoms with Crippen molar-refractivity contribution in [3.63, 3.8) is 0 Å². The number of aromatic carboxylic acids is 1. The molecule has 2 rings (SSSR count). The number of nitrogens with zero attached hydrogens (tertiary/aromatic N) is 4. The van der Waals surface area contributed by atoms with Gasteiger partial charge in [-0.15, -0.1) is 0 Å². The molecule has 0 saturated carbocycles. The van der Waals surface area contributed by atoms with E-state index in [0.717, 1.165) is 0 Å². The van der Waals surface area contributed by atoms with Gasteiger partial charge >= 0.3 is 5.97 Å². The second kappa shape index (κ2) is 4.59. The molecule has 96 valence electrons. The van der Waals surface area contributed by atoms with Gasteiger partial charge < -0.3 is 14.9 Å². The van der Waals surface area contributed by atoms with Crippen LogP contribution in [0.1, 0.15) is 16.1 Å². The first-order valence-corrected chi connectivity index (χ1v) is 5.55. The Morgan fingerprint density at radius 1 is 1.44 bits per heavy atom. The zero-order valence-electron chi connectivity index (χ0n) is 10.3. The van der Waals surface area contributed by atoms with Crippen molar-refractivity contribution in [3.05, 3.63) is 17.5 Å². The number of hydrogen-bond acceptors (Lipinski definition) is 5. The third-order valence-corrected chi connectivity index (χ3v) is 2.94. The fraction of sp³-hybridized carbons (Fsp3) is 0.455. The monoisotopic (exact) mass is 250 g/mol. The minimum atomic E-state index is -1.05. The number of carboxylic acids is 1. The van der Waals surface area contributed by atoms with Crippen LogP contribution < -0.4 is 4.90 Å². The molecule has 18 heavy (non-hydrogen) atoms. The summed E-state index contributed by atoms with van der Waals surface area (Å²) in [6.07, 6.45) is 1.28. The summed E-state index contributed by atoms with van der Waals surface area (Å²) in [5, 5.41) is 8.89. The summed E-state index contributed by atoms with van der Waals surface area (Å²) in [5.41, 5.74) is 0.484. The zero-order chi connectivity index (χ0) is 13.3. The van der Waals surface area contributed by atoms with E-state index in [-0.39, 0.29) is 18.0 Å². The molecule has 1 aromatic rings. The first-order valence-electron chi connectivity index (χ1n) is 5.55. The van der Waals surface area contributed by atoms with Crippen LogP contribution in [0.25, 0.3) is 0 Å². The minimum absolute atomic E-state index is 0.00446. The van der Waals surface area contributed by atoms with E-state index in [2.05, 4.69) is 9.97 Å². The third kappa shape index (κ3) is 2.24. The molecule has 0 unspecified atom stereocenters. The van der Waals surface area contributed by atoms with E-state index in [0.29, 0.717) is 24.7 Å². The van der Waals surface area contributed by atoms with Crippen molar-refractivity contribution < 1.29 is 14.7 Å². The molecule has 1 N–H and O–H groups in total. The van der Waals surface area contributed by atoms with Crippen LogP contribution in [-0.2, 0) is 4.79 Å². The maximum atomic E-state index is 11.6. The van der Waals surface area contributed by atoms with Crippen LogP contribution in [0, 0.1) is 6.92 Å². The molecule has 0 atom stereocenters. The van der Waals surface area contributed by atoms with Gasteiger partial charge in [0.05, 0.1) is 17.8 Å². The lowest BCUT2D eigenvalue weighted by Crippen LogP contribution is -2.49. The summed E-state index contributed by atoms with van der Waals surface area (Å²) >= 11 is 0. The second-order valence-electron chi connectivity index (χ2n) is 4.21. The van der Waals surface area contributed by atoms with Gasteiger partial charge in [-0.3, -0.25) is 4.79 Å². The van der Waals surface area contributed by atoms with E-state index in [1.54, 1.807) is 23.8 Å². The van der Waals surface area contributed by atoms with E-state index in [9.17, 15) is 9.59 Å². The summed E-state index contributed by atoms with van der Waals surface area (Å²) in [4.78, 5) is 34.0. The largest absolute Gasteiger partial charge is 0.478 e. The quantitative estimate of drug-likeness (QED) is 0.779. The van der Waals surface area contributed by atoms with Gasteiger partial charge in [-0.1, -0.05) is 0 Å². The molecule has 1 fully saturated rings. The SMILES string of the molecule is Cc1nc(N2CCN(C)C(=O)C2)ncc1C(=O)O. The van der Waals surface area contributed by atoms with Crippen molar-refractivity contribution in [1.82, 2.24) is 14.9 Å². The Bertz CT molecular complexity index is 503. The number of carboxylic acid groups (broad SMARTS) is 1. The number of anilines is 1. The van der Waals surface area contributed by atoms with Crippen molar-refractivity contribution in [2.24, 2.45) is 0 Å². The predicted molar refractivity (Wildman–Crippen MR) is 63.6 cm³/mol. The number of rotatable bonds is 2. The Hall–Kier alpha value is -2.18. The average Bonchev–Trinajstić information content (AvgIpc) is 2.32. The highest BCUT2D eigenvalue weighted by Crippen LogP contribution is 2.13. The molecule has 1 aliphatic rings. The van der Waals surface area contributed by atoms with Crippen molar-refractivity contribution in [1.29, 1.82) is 0 Å². The standard InChI is InChI=1S/C11H14N4O3/c1-7-8(10(17)18)5-12-11(13-7)15-4-3-14(2)9(16)6-15/h5H,3-4,6H2,1-2H3,(H,17,18). The lowest BCUT2D eigenvalue weighted by Gasteiger charge is -2.32. The number of aromatic nitrogens is 2. The molecule has 7 heteroatoms. The summed E-state index contributed by atoms with van der Waals surface area (Å²) in [6.45, 7) is 3.10. The molecule has 0 aliphatic carbocycles. The van der Waals surface area contributed by atoms with Gasteiger partial charge in [0.15, 0.2) is 0 Å². The highest BCUT2D eigenvalue weighted by molar-refractivity contribution is 5.88. The van der Waals surface area contributed by atoms with Gasteiger partial charge in [-0.05, 0) is 6.92 Å². The van der Waals surface area contributed by atoms with Crippen molar-refractivity contribution >= 4 is 17.8 Å². The number of amides is 1. The second-order valence-corrected chi connectivity index (χ2v) is 4.21. The first kappa shape index (κ1) is 12.3. The average molecular weight is 250 g/mol. The topological polar surface area (TPSA) is 86.6 Å². The molecule has 2 heterocycles. The van der Waals surface area contributed by atoms with E-state index >= 15 is 0 Å². The summed E-state index contributed by atoms with van der Waals surface area (Å²) < 4.78 is 0. The van der Waals surface area contributed by atoms with Crippen LogP contribution in [0.5, 0.6) is 0 Å². The minimum Gasteiger partial charge on any atom is -0.478 e. The van der Waals surface area contributed by atoms with Crippen LogP contribution >= 0.6 is 0 Å². The van der Waals surface area contributed by atoms with Gasteiger partial charge in [-0.2, -0.15) is 0 Å². The fourth-order valence-electron chi connectivity index (χ4n) is 1.75. The van der Waals surface area contributed by atoms with Gasteiger partial charge in [0.25, 0.3) is 0 Å². The number of carbonyl (C=O) groups is 2. The van der Waals surface area contributed by atoms with Gasteiger partial charge in [0, 0.05) is 26.3 Å². The third-order valence-electron chi connectivity index (χ3n) is 2.94. The summed E-state index contributed by atoms with van der Waals surface area (Å²) in [5.74, 6) is -0.641. The zero-order valence-corrected chi connectivity index (χ0v) is 10.3. The Morgan fingerprint density at radius 3 is 2.72 bits per heavy atom. The summed E-state index contributed by atoms with van der Waals surface area (Å²) in [7, 11) is 1.75. The predicted octanol–water partition coefficient (Wildman–Crippen LogP) is -0.238. The Kier molecular flexibility index (Phi) is 3.14.